The molecule has 4 atom stereocenters. The van der Waals surface area contributed by atoms with Crippen LogP contribution in [0.3, 0.4) is 0 Å². The van der Waals surface area contributed by atoms with Crippen LogP contribution in [0.5, 0.6) is 0 Å². The minimum Gasteiger partial charge on any atom is -0.481 e. The number of carboxylic acids is 1. The zero-order chi connectivity index (χ0) is 38.2. The van der Waals surface area contributed by atoms with Crippen molar-refractivity contribution in [2.24, 2.45) is 11.3 Å². The van der Waals surface area contributed by atoms with E-state index in [1.807, 2.05) is 10.2 Å². The molecule has 4 rings (SSSR count). The number of likely N-dealkylation sites (tertiary alicyclic amines) is 1. The maximum Gasteiger partial charge on any atom is 0.416 e. The number of rotatable bonds is 12. The number of halogens is 8. The summed E-state index contributed by atoms with van der Waals surface area (Å²) in [7, 11) is 0. The number of pyridine rings is 1. The predicted octanol–water partition coefficient (Wildman–Crippen LogP) is 7.51. The number of carboxylic acid groups (broad SMARTS) is 1. The molecule has 15 heteroatoms. The molecule has 0 saturated carbocycles. The summed E-state index contributed by atoms with van der Waals surface area (Å²) in [5.74, 6) is -5.86. The normalized spacial score (nSPS) is 21.3. The molecule has 1 aromatic carbocycles. The van der Waals surface area contributed by atoms with Gasteiger partial charge in [0.25, 0.3) is 5.56 Å². The number of aromatic nitrogens is 1. The second-order valence-electron chi connectivity index (χ2n) is 13.8. The van der Waals surface area contributed by atoms with Gasteiger partial charge in [-0.05, 0) is 98.5 Å². The van der Waals surface area contributed by atoms with Crippen molar-refractivity contribution in [3.63, 3.8) is 0 Å². The van der Waals surface area contributed by atoms with Gasteiger partial charge in [-0.15, -0.1) is 0 Å². The lowest BCUT2D eigenvalue weighted by Crippen LogP contribution is -2.63. The molecule has 0 spiro atoms. The highest BCUT2D eigenvalue weighted by molar-refractivity contribution is 5.83. The molecule has 2 aliphatic rings. The second kappa shape index (κ2) is 14.9. The van der Waals surface area contributed by atoms with Gasteiger partial charge in [-0.2, -0.15) is 26.3 Å². The number of benzene rings is 1. The van der Waals surface area contributed by atoms with Gasteiger partial charge < -0.3 is 19.9 Å². The van der Waals surface area contributed by atoms with Crippen LogP contribution in [0, 0.1) is 25.2 Å². The molecule has 1 aromatic heterocycles. The summed E-state index contributed by atoms with van der Waals surface area (Å²) in [6.07, 6.45) is -13.5. The van der Waals surface area contributed by atoms with Gasteiger partial charge in [0.05, 0.1) is 18.0 Å². The number of aliphatic carboxylic acids is 1. The fraction of sp³-hybridized carbons (Fsp3) is 0.528. The third-order valence-corrected chi connectivity index (χ3v) is 9.69. The molecule has 1 fully saturated rings. The number of amides is 1. The number of nitrogens with one attached hydrogen (secondary N) is 1. The van der Waals surface area contributed by atoms with Crippen LogP contribution in [0.25, 0.3) is 5.57 Å². The predicted molar refractivity (Wildman–Crippen MR) is 174 cm³/mol. The molecule has 3 unspecified atom stereocenters. The lowest BCUT2D eigenvalue weighted by atomic mass is 9.65. The molecular formula is C36H41F8N3O4. The van der Waals surface area contributed by atoms with Gasteiger partial charge in [-0.3, -0.25) is 14.4 Å². The summed E-state index contributed by atoms with van der Waals surface area (Å²) in [5.41, 5.74) is -7.55. The van der Waals surface area contributed by atoms with Gasteiger partial charge in [0.15, 0.2) is 5.41 Å². The van der Waals surface area contributed by atoms with Crippen LogP contribution >= 0.6 is 0 Å². The minimum absolute atomic E-state index is 0.0469. The Bertz CT molecular complexity index is 1750. The molecule has 280 valence electrons. The highest BCUT2D eigenvalue weighted by Gasteiger charge is 2.70. The Morgan fingerprint density at radius 2 is 1.67 bits per heavy atom. The largest absolute Gasteiger partial charge is 0.481 e. The highest BCUT2D eigenvalue weighted by Crippen LogP contribution is 2.58. The van der Waals surface area contributed by atoms with E-state index in [-0.39, 0.29) is 30.5 Å². The van der Waals surface area contributed by atoms with E-state index < -0.39 is 88.3 Å². The number of allylic oxidation sites excluding steroid dienone is 3. The Balaban J connectivity index is 1.88. The van der Waals surface area contributed by atoms with E-state index in [9.17, 15) is 32.7 Å². The van der Waals surface area contributed by atoms with Crippen molar-refractivity contribution in [3.05, 3.63) is 86.1 Å². The van der Waals surface area contributed by atoms with Crippen molar-refractivity contribution in [3.8, 4) is 0 Å². The average Bonchev–Trinajstić information content (AvgIpc) is 2.96. The quantitative estimate of drug-likeness (QED) is 0.221. The van der Waals surface area contributed by atoms with Crippen LogP contribution in [0.15, 0.2) is 52.7 Å². The van der Waals surface area contributed by atoms with Crippen LogP contribution in [0.4, 0.5) is 35.1 Å². The molecule has 1 amide bonds. The Hall–Kier alpha value is -4.01. The van der Waals surface area contributed by atoms with E-state index in [0.29, 0.717) is 34.8 Å². The number of hydrogen-bond acceptors (Lipinski definition) is 4. The zero-order valence-corrected chi connectivity index (χ0v) is 28.8. The molecule has 51 heavy (non-hydrogen) atoms. The molecule has 0 bridgehead atoms. The fourth-order valence-corrected chi connectivity index (χ4v) is 7.06. The van der Waals surface area contributed by atoms with Crippen molar-refractivity contribution in [2.45, 2.75) is 90.9 Å². The Labute approximate surface area is 290 Å². The summed E-state index contributed by atoms with van der Waals surface area (Å²) < 4.78 is 122. The van der Waals surface area contributed by atoms with Gasteiger partial charge in [0, 0.05) is 18.8 Å². The first-order valence-corrected chi connectivity index (χ1v) is 16.5. The first-order chi connectivity index (χ1) is 23.6. The van der Waals surface area contributed by atoms with Crippen LogP contribution in [0.2, 0.25) is 0 Å². The maximum atomic E-state index is 16.9. The summed E-state index contributed by atoms with van der Waals surface area (Å²) in [4.78, 5) is 41.3. The molecular weight excluding hydrogens is 690 g/mol. The topological polar surface area (TPSA) is 91.6 Å². The van der Waals surface area contributed by atoms with E-state index >= 15 is 22.0 Å². The van der Waals surface area contributed by atoms with Crippen LogP contribution < -0.4 is 10.9 Å². The van der Waals surface area contributed by atoms with E-state index in [4.69, 9.17) is 0 Å². The van der Waals surface area contributed by atoms with Crippen molar-refractivity contribution in [1.82, 2.24) is 14.8 Å². The molecule has 2 aromatic rings. The molecule has 1 saturated heterocycles. The van der Waals surface area contributed by atoms with Gasteiger partial charge in [-0.1, -0.05) is 32.0 Å². The van der Waals surface area contributed by atoms with Gasteiger partial charge in [-0.25, -0.2) is 8.78 Å². The smallest absolute Gasteiger partial charge is 0.416 e. The zero-order valence-electron chi connectivity index (χ0n) is 28.8. The third kappa shape index (κ3) is 7.92. The minimum atomic E-state index is -5.83. The van der Waals surface area contributed by atoms with E-state index in [0.717, 1.165) is 25.6 Å². The standard InChI is InChI=1S/C36H41F8N3O4/c1-19(2)14-26(47-18-23(10-13-46-11-7-12-46)25(16-28(47)48)35(39,40)41)33(51)45-27(17-29(49)50)34(36(42,43)44)31(37)22(5)15-24(32(34)38)30-20(3)8-6-9-21(30)4/h6,8-9,15-16,18-19,26-27,32H,7,10-14,17H2,1-5H3,(H,45,51)(H,49,50)/t26?,27-,32?,34?/m0/s1. The average molecular weight is 732 g/mol. The highest BCUT2D eigenvalue weighted by atomic mass is 19.4. The van der Waals surface area contributed by atoms with E-state index in [2.05, 4.69) is 0 Å². The lowest BCUT2D eigenvalue weighted by Gasteiger charge is -2.46. The monoisotopic (exact) mass is 731 g/mol. The first kappa shape index (κ1) is 39.8. The SMILES string of the molecule is CC1=C(F)C([C@H](CC(=O)O)NC(=O)C(CC(C)C)n2cc(CCN3CCC3)c(C(F)(F)F)cc2=O)(C(F)(F)F)C(F)C(c2c(C)cccc2C)=C1. The summed E-state index contributed by atoms with van der Waals surface area (Å²) in [5, 5.41) is 11.7. The van der Waals surface area contributed by atoms with Crippen molar-refractivity contribution >= 4 is 17.4 Å². The number of carbonyl (C=O) groups excluding carboxylic acids is 1. The molecule has 2 N–H and O–H groups in total. The number of aryl methyl sites for hydroxylation is 2. The van der Waals surface area contributed by atoms with Crippen LogP contribution in [0.1, 0.15) is 73.9 Å². The summed E-state index contributed by atoms with van der Waals surface area (Å²) in [6, 6.07) is 0.361. The third-order valence-electron chi connectivity index (χ3n) is 9.69. The molecule has 7 nitrogen and oxygen atoms in total. The molecule has 0 radical (unpaired) electrons. The summed E-state index contributed by atoms with van der Waals surface area (Å²) in [6.45, 7) is 8.69. The van der Waals surface area contributed by atoms with Gasteiger partial charge >= 0.3 is 18.3 Å². The number of carbonyl (C=O) groups is 2. The Morgan fingerprint density at radius 1 is 1.06 bits per heavy atom. The van der Waals surface area contributed by atoms with Gasteiger partial charge in [0.1, 0.15) is 18.0 Å². The molecule has 2 heterocycles. The van der Waals surface area contributed by atoms with Crippen LogP contribution in [-0.2, 0) is 22.2 Å². The van der Waals surface area contributed by atoms with Crippen molar-refractivity contribution in [1.29, 1.82) is 0 Å². The van der Waals surface area contributed by atoms with Crippen molar-refractivity contribution in [2.75, 3.05) is 19.6 Å². The second-order valence-corrected chi connectivity index (χ2v) is 13.8. The molecule has 1 aliphatic heterocycles. The maximum absolute atomic E-state index is 16.9. The number of nitrogens with zero attached hydrogens (tertiary/aromatic N) is 2. The summed E-state index contributed by atoms with van der Waals surface area (Å²) >= 11 is 0. The first-order valence-electron chi connectivity index (χ1n) is 16.5. The van der Waals surface area contributed by atoms with E-state index in [1.165, 1.54) is 26.0 Å². The Kier molecular flexibility index (Phi) is 11.6. The number of alkyl halides is 7. The number of hydrogen-bond donors (Lipinski definition) is 2. The van der Waals surface area contributed by atoms with Gasteiger partial charge in [0.2, 0.25) is 5.91 Å². The van der Waals surface area contributed by atoms with Crippen LogP contribution in [-0.4, -0.2) is 64.5 Å². The van der Waals surface area contributed by atoms with E-state index in [1.54, 1.807) is 19.9 Å². The lowest BCUT2D eigenvalue weighted by molar-refractivity contribution is -0.240. The Morgan fingerprint density at radius 3 is 2.16 bits per heavy atom. The van der Waals surface area contributed by atoms with Crippen molar-refractivity contribution < 1.29 is 49.8 Å². The fourth-order valence-electron chi connectivity index (χ4n) is 7.06. The molecule has 1 aliphatic carbocycles.